The third-order valence-electron chi connectivity index (χ3n) is 4.99. The summed E-state index contributed by atoms with van der Waals surface area (Å²) in [5, 5.41) is 2.95. The molecule has 0 fully saturated rings. The zero-order valence-corrected chi connectivity index (χ0v) is 15.7. The highest BCUT2D eigenvalue weighted by atomic mass is 16.7. The van der Waals surface area contributed by atoms with Crippen LogP contribution in [0.4, 0.5) is 0 Å². The molecule has 1 aliphatic rings. The summed E-state index contributed by atoms with van der Waals surface area (Å²) in [6.45, 7) is 1.41. The van der Waals surface area contributed by atoms with Gasteiger partial charge in [0.05, 0.1) is 17.4 Å². The molecule has 0 radical (unpaired) electrons. The molecule has 1 aromatic heterocycles. The minimum Gasteiger partial charge on any atom is -0.454 e. The van der Waals surface area contributed by atoms with E-state index in [1.54, 1.807) is 18.2 Å². The number of ether oxygens (including phenoxy) is 2. The van der Waals surface area contributed by atoms with Crippen molar-refractivity contribution in [2.24, 2.45) is 0 Å². The van der Waals surface area contributed by atoms with Gasteiger partial charge in [0.2, 0.25) is 6.79 Å². The molecule has 1 aliphatic heterocycles. The van der Waals surface area contributed by atoms with Gasteiger partial charge in [-0.05, 0) is 41.5 Å². The van der Waals surface area contributed by atoms with Crippen molar-refractivity contribution in [1.82, 2.24) is 14.9 Å². The Labute approximate surface area is 167 Å². The summed E-state index contributed by atoms with van der Waals surface area (Å²) in [6.07, 6.45) is 1.87. The smallest absolute Gasteiger partial charge is 0.251 e. The summed E-state index contributed by atoms with van der Waals surface area (Å²) in [6, 6.07) is 21.5. The summed E-state index contributed by atoms with van der Waals surface area (Å²) in [5.41, 5.74) is 4.89. The van der Waals surface area contributed by atoms with E-state index < -0.39 is 0 Å². The Morgan fingerprint density at radius 1 is 0.966 bits per heavy atom. The zero-order chi connectivity index (χ0) is 19.6. The molecule has 0 bridgehead atoms. The fourth-order valence-electron chi connectivity index (χ4n) is 3.42. The molecule has 3 aromatic carbocycles. The van der Waals surface area contributed by atoms with Gasteiger partial charge in [-0.15, -0.1) is 0 Å². The predicted molar refractivity (Wildman–Crippen MR) is 109 cm³/mol. The molecule has 0 atom stereocenters. The number of nitrogens with zero attached hydrogens (tertiary/aromatic N) is 2. The molecule has 5 rings (SSSR count). The number of rotatable bonds is 5. The molecule has 1 amide bonds. The first-order chi connectivity index (χ1) is 14.3. The number of nitrogens with one attached hydrogen (secondary N) is 1. The zero-order valence-electron chi connectivity index (χ0n) is 15.7. The quantitative estimate of drug-likeness (QED) is 0.568. The maximum atomic E-state index is 12.4. The SMILES string of the molecule is O=C(NCc1ccc(Cn2cnc3ccccc32)cc1)c1ccc2c(c1)OCO2. The van der Waals surface area contributed by atoms with Gasteiger partial charge in [0, 0.05) is 18.7 Å². The number of hydrogen-bond acceptors (Lipinski definition) is 4. The van der Waals surface area contributed by atoms with Crippen LogP contribution in [0.15, 0.2) is 73.1 Å². The Morgan fingerprint density at radius 2 is 1.76 bits per heavy atom. The van der Waals surface area contributed by atoms with E-state index in [4.69, 9.17) is 9.47 Å². The van der Waals surface area contributed by atoms with Gasteiger partial charge < -0.3 is 19.4 Å². The average Bonchev–Trinajstić information content (AvgIpc) is 3.39. The molecule has 0 unspecified atom stereocenters. The number of fused-ring (bicyclic) bond motifs is 2. The molecule has 6 nitrogen and oxygen atoms in total. The fourth-order valence-corrected chi connectivity index (χ4v) is 3.42. The molecule has 0 saturated carbocycles. The van der Waals surface area contributed by atoms with E-state index in [0.717, 1.165) is 23.1 Å². The number of hydrogen-bond donors (Lipinski definition) is 1. The van der Waals surface area contributed by atoms with E-state index in [2.05, 4.69) is 33.1 Å². The average molecular weight is 385 g/mol. The number of para-hydroxylation sites is 2. The van der Waals surface area contributed by atoms with Crippen molar-refractivity contribution in [2.45, 2.75) is 13.1 Å². The lowest BCUT2D eigenvalue weighted by Crippen LogP contribution is -2.22. The van der Waals surface area contributed by atoms with E-state index in [1.807, 2.05) is 36.7 Å². The highest BCUT2D eigenvalue weighted by Crippen LogP contribution is 2.32. The van der Waals surface area contributed by atoms with E-state index in [1.165, 1.54) is 5.56 Å². The van der Waals surface area contributed by atoms with Crippen LogP contribution in [0.1, 0.15) is 21.5 Å². The Morgan fingerprint density at radius 3 is 2.66 bits per heavy atom. The van der Waals surface area contributed by atoms with Crippen LogP contribution >= 0.6 is 0 Å². The maximum Gasteiger partial charge on any atom is 0.251 e. The topological polar surface area (TPSA) is 65.4 Å². The van der Waals surface area contributed by atoms with Gasteiger partial charge in [-0.3, -0.25) is 4.79 Å². The van der Waals surface area contributed by atoms with Crippen LogP contribution in [0.5, 0.6) is 11.5 Å². The normalized spacial score (nSPS) is 12.3. The molecular formula is C23H19N3O3. The first kappa shape index (κ1) is 17.3. The lowest BCUT2D eigenvalue weighted by Gasteiger charge is -2.08. The van der Waals surface area contributed by atoms with E-state index >= 15 is 0 Å². The fraction of sp³-hybridized carbons (Fsp3) is 0.130. The summed E-state index contributed by atoms with van der Waals surface area (Å²) in [5.74, 6) is 1.13. The first-order valence-electron chi connectivity index (χ1n) is 9.42. The van der Waals surface area contributed by atoms with E-state index in [9.17, 15) is 4.79 Å². The molecule has 0 saturated heterocycles. The van der Waals surface area contributed by atoms with E-state index in [0.29, 0.717) is 23.6 Å². The van der Waals surface area contributed by atoms with Crippen molar-refractivity contribution in [3.63, 3.8) is 0 Å². The molecule has 0 aliphatic carbocycles. The molecule has 2 heterocycles. The lowest BCUT2D eigenvalue weighted by molar-refractivity contribution is 0.0950. The Hall–Kier alpha value is -3.80. The number of carbonyl (C=O) groups excluding carboxylic acids is 1. The van der Waals surface area contributed by atoms with Gasteiger partial charge in [0.1, 0.15) is 0 Å². The van der Waals surface area contributed by atoms with Gasteiger partial charge in [0.15, 0.2) is 11.5 Å². The number of imidazole rings is 1. The number of amides is 1. The molecule has 6 heteroatoms. The summed E-state index contributed by atoms with van der Waals surface area (Å²) in [4.78, 5) is 16.8. The minimum atomic E-state index is -0.141. The Kier molecular flexibility index (Phi) is 4.37. The summed E-state index contributed by atoms with van der Waals surface area (Å²) in [7, 11) is 0. The van der Waals surface area contributed by atoms with Crippen LogP contribution in [0.3, 0.4) is 0 Å². The van der Waals surface area contributed by atoms with Gasteiger partial charge in [0.25, 0.3) is 5.91 Å². The van der Waals surface area contributed by atoms with Gasteiger partial charge in [-0.1, -0.05) is 36.4 Å². The number of carbonyl (C=O) groups is 1. The largest absolute Gasteiger partial charge is 0.454 e. The van der Waals surface area contributed by atoms with Crippen LogP contribution in [0.25, 0.3) is 11.0 Å². The van der Waals surface area contributed by atoms with Crippen molar-refractivity contribution in [3.05, 3.63) is 89.7 Å². The first-order valence-corrected chi connectivity index (χ1v) is 9.42. The molecular weight excluding hydrogens is 366 g/mol. The third-order valence-corrected chi connectivity index (χ3v) is 4.99. The minimum absolute atomic E-state index is 0.141. The summed E-state index contributed by atoms with van der Waals surface area (Å²) >= 11 is 0. The van der Waals surface area contributed by atoms with Crippen molar-refractivity contribution in [1.29, 1.82) is 0 Å². The van der Waals surface area contributed by atoms with Crippen LogP contribution in [-0.2, 0) is 13.1 Å². The van der Waals surface area contributed by atoms with Crippen LogP contribution < -0.4 is 14.8 Å². The second kappa shape index (κ2) is 7.31. The highest BCUT2D eigenvalue weighted by molar-refractivity contribution is 5.94. The van der Waals surface area contributed by atoms with Crippen molar-refractivity contribution in [3.8, 4) is 11.5 Å². The predicted octanol–water partition coefficient (Wildman–Crippen LogP) is 3.74. The second-order valence-corrected chi connectivity index (χ2v) is 6.93. The molecule has 0 spiro atoms. The van der Waals surface area contributed by atoms with Crippen molar-refractivity contribution >= 4 is 16.9 Å². The molecule has 144 valence electrons. The third kappa shape index (κ3) is 3.52. The van der Waals surface area contributed by atoms with Gasteiger partial charge in [-0.25, -0.2) is 4.98 Å². The van der Waals surface area contributed by atoms with Gasteiger partial charge >= 0.3 is 0 Å². The number of benzene rings is 3. The van der Waals surface area contributed by atoms with Crippen molar-refractivity contribution in [2.75, 3.05) is 6.79 Å². The summed E-state index contributed by atoms with van der Waals surface area (Å²) < 4.78 is 12.7. The van der Waals surface area contributed by atoms with Crippen LogP contribution in [-0.4, -0.2) is 22.3 Å². The Bertz CT molecular complexity index is 1180. The molecule has 1 N–H and O–H groups in total. The maximum absolute atomic E-state index is 12.4. The lowest BCUT2D eigenvalue weighted by atomic mass is 10.1. The van der Waals surface area contributed by atoms with Crippen LogP contribution in [0.2, 0.25) is 0 Å². The van der Waals surface area contributed by atoms with E-state index in [-0.39, 0.29) is 12.7 Å². The van der Waals surface area contributed by atoms with Crippen molar-refractivity contribution < 1.29 is 14.3 Å². The monoisotopic (exact) mass is 385 g/mol. The highest BCUT2D eigenvalue weighted by Gasteiger charge is 2.16. The molecule has 4 aromatic rings. The van der Waals surface area contributed by atoms with Crippen LogP contribution in [0, 0.1) is 0 Å². The Balaban J connectivity index is 1.22. The second-order valence-electron chi connectivity index (χ2n) is 6.93. The number of aromatic nitrogens is 2. The standard InChI is InChI=1S/C23H19N3O3/c27-23(18-9-10-21-22(11-18)29-15-28-21)24-12-16-5-7-17(8-6-16)13-26-14-25-19-3-1-2-4-20(19)26/h1-11,14H,12-13,15H2,(H,24,27). The van der Waals surface area contributed by atoms with Gasteiger partial charge in [-0.2, -0.15) is 0 Å². The molecule has 29 heavy (non-hydrogen) atoms.